The molecule has 2 nitrogen and oxygen atoms in total. The predicted octanol–water partition coefficient (Wildman–Crippen LogP) is 15.2. The van der Waals surface area contributed by atoms with Gasteiger partial charge >= 0.3 is 0 Å². The minimum atomic E-state index is 0.699. The van der Waals surface area contributed by atoms with Crippen LogP contribution in [0.3, 0.4) is 0 Å². The minimum Gasteiger partial charge on any atom is -0.228 e. The Labute approximate surface area is 335 Å². The van der Waals surface area contributed by atoms with E-state index in [9.17, 15) is 0 Å². The number of fused-ring (bicyclic) bond motifs is 5. The molecule has 3 heteroatoms. The van der Waals surface area contributed by atoms with Gasteiger partial charge in [-0.05, 0) is 103 Å². The molecule has 2 aromatic heterocycles. The van der Waals surface area contributed by atoms with Gasteiger partial charge < -0.3 is 0 Å². The van der Waals surface area contributed by atoms with Gasteiger partial charge in [0.05, 0.1) is 11.4 Å². The van der Waals surface area contributed by atoms with Crippen molar-refractivity contribution >= 4 is 53.1 Å². The molecule has 0 amide bonds. The molecule has 0 fully saturated rings. The third-order valence-electron chi connectivity index (χ3n) is 11.1. The summed E-state index contributed by atoms with van der Waals surface area (Å²) in [5, 5.41) is 7.51. The van der Waals surface area contributed by atoms with Gasteiger partial charge in [0.25, 0.3) is 0 Å². The Kier molecular flexibility index (Phi) is 8.04. The molecule has 0 saturated heterocycles. The third-order valence-corrected chi connectivity index (χ3v) is 12.2. The van der Waals surface area contributed by atoms with Crippen LogP contribution in [0.15, 0.2) is 206 Å². The van der Waals surface area contributed by atoms with Gasteiger partial charge in [0.15, 0.2) is 5.82 Å². The lowest BCUT2D eigenvalue weighted by molar-refractivity contribution is 1.18. The van der Waals surface area contributed by atoms with Gasteiger partial charge in [-0.2, -0.15) is 0 Å². The fourth-order valence-electron chi connectivity index (χ4n) is 8.14. The molecule has 0 aliphatic heterocycles. The molecular weight excluding hydrogens is 709 g/mol. The maximum absolute atomic E-state index is 5.29. The second kappa shape index (κ2) is 13.8. The van der Waals surface area contributed by atoms with E-state index in [2.05, 4.69) is 188 Å². The summed E-state index contributed by atoms with van der Waals surface area (Å²) in [5.74, 6) is 0.699. The number of benzene rings is 9. The van der Waals surface area contributed by atoms with Crippen LogP contribution in [0.25, 0.3) is 109 Å². The summed E-state index contributed by atoms with van der Waals surface area (Å²) in [7, 11) is 0. The predicted molar refractivity (Wildman–Crippen MR) is 243 cm³/mol. The van der Waals surface area contributed by atoms with Crippen LogP contribution in [0.5, 0.6) is 0 Å². The highest BCUT2D eigenvalue weighted by Gasteiger charge is 2.15. The topological polar surface area (TPSA) is 25.8 Å². The lowest BCUT2D eigenvalue weighted by atomic mass is 9.93. The van der Waals surface area contributed by atoms with Crippen molar-refractivity contribution in [3.63, 3.8) is 0 Å². The first-order valence-electron chi connectivity index (χ1n) is 19.3. The molecule has 0 aliphatic carbocycles. The zero-order valence-electron chi connectivity index (χ0n) is 30.9. The average Bonchev–Trinajstić information content (AvgIpc) is 3.67. The first kappa shape index (κ1) is 33.2. The molecule has 0 spiro atoms. The molecule has 57 heavy (non-hydrogen) atoms. The van der Waals surface area contributed by atoms with Crippen LogP contribution in [0, 0.1) is 0 Å². The van der Waals surface area contributed by atoms with E-state index in [0.717, 1.165) is 39.2 Å². The molecule has 11 aromatic rings. The highest BCUT2D eigenvalue weighted by molar-refractivity contribution is 7.25. The van der Waals surface area contributed by atoms with Crippen LogP contribution in [-0.2, 0) is 0 Å². The van der Waals surface area contributed by atoms with Gasteiger partial charge in [0.1, 0.15) is 0 Å². The molecule has 0 atom stereocenters. The van der Waals surface area contributed by atoms with E-state index < -0.39 is 0 Å². The van der Waals surface area contributed by atoms with E-state index >= 15 is 0 Å². The molecule has 266 valence electrons. The smallest absolute Gasteiger partial charge is 0.160 e. The average molecular weight is 743 g/mol. The Morgan fingerprint density at radius 2 is 0.860 bits per heavy atom. The van der Waals surface area contributed by atoms with Crippen molar-refractivity contribution in [3.05, 3.63) is 206 Å². The summed E-state index contributed by atoms with van der Waals surface area (Å²) < 4.78 is 2.60. The summed E-state index contributed by atoms with van der Waals surface area (Å²) in [6, 6.07) is 74.2. The summed E-state index contributed by atoms with van der Waals surface area (Å²) in [6.07, 6.45) is 0. The van der Waals surface area contributed by atoms with Crippen LogP contribution < -0.4 is 0 Å². The van der Waals surface area contributed by atoms with E-state index in [1.807, 2.05) is 29.5 Å². The van der Waals surface area contributed by atoms with E-state index in [1.165, 1.54) is 64.0 Å². The minimum absolute atomic E-state index is 0.699. The first-order chi connectivity index (χ1) is 28.2. The van der Waals surface area contributed by atoms with Gasteiger partial charge in [-0.3, -0.25) is 0 Å². The van der Waals surface area contributed by atoms with Crippen molar-refractivity contribution in [2.75, 3.05) is 0 Å². The second-order valence-electron chi connectivity index (χ2n) is 14.6. The molecular formula is C54H34N2S. The van der Waals surface area contributed by atoms with E-state index in [1.54, 1.807) is 0 Å². The van der Waals surface area contributed by atoms with Crippen molar-refractivity contribution in [2.24, 2.45) is 0 Å². The lowest BCUT2D eigenvalue weighted by Gasteiger charge is -2.14. The number of aromatic nitrogens is 2. The normalized spacial score (nSPS) is 11.5. The van der Waals surface area contributed by atoms with Crippen molar-refractivity contribution in [3.8, 4) is 67.3 Å². The Morgan fingerprint density at radius 1 is 0.281 bits per heavy atom. The Bertz CT molecular complexity index is 3280. The highest BCUT2D eigenvalue weighted by atomic mass is 32.1. The van der Waals surface area contributed by atoms with E-state index in [-0.39, 0.29) is 0 Å². The number of thiophene rings is 1. The van der Waals surface area contributed by atoms with Gasteiger partial charge in [0.2, 0.25) is 0 Å². The SMILES string of the molecule is c1ccc(-c2nc(-c3ccc(-c4cccc5ccccc45)cc3)cc(-c3cc(-c4ccc5ccccc5c4)cc(-c4ccc5sc6ccccc6c5c4)c3)n2)cc1. The standard InChI is InChI=1S/C54H34N2S/c1-2-13-39(14-3-1)54-55-50(38-24-22-37(23-25-38)47-19-10-16-36-12-6-7-17-46(36)47)34-51(56-54)45-31-43(41-26-21-35-11-4-5-15-40(35)29-41)30-44(32-45)42-27-28-53-49(33-42)48-18-8-9-20-52(48)57-53/h1-34H. The monoisotopic (exact) mass is 742 g/mol. The number of hydrogen-bond donors (Lipinski definition) is 0. The zero-order chi connectivity index (χ0) is 37.7. The second-order valence-corrected chi connectivity index (χ2v) is 15.7. The van der Waals surface area contributed by atoms with Crippen molar-refractivity contribution in [1.82, 2.24) is 9.97 Å². The molecule has 0 bridgehead atoms. The van der Waals surface area contributed by atoms with Gasteiger partial charge in [-0.1, -0.05) is 158 Å². The maximum atomic E-state index is 5.29. The fraction of sp³-hybridized carbons (Fsp3) is 0. The Morgan fingerprint density at radius 3 is 1.68 bits per heavy atom. The molecule has 0 radical (unpaired) electrons. The van der Waals surface area contributed by atoms with Crippen LogP contribution >= 0.6 is 11.3 Å². The molecule has 9 aromatic carbocycles. The quantitative estimate of drug-likeness (QED) is 0.170. The zero-order valence-corrected chi connectivity index (χ0v) is 31.7. The molecule has 0 N–H and O–H groups in total. The van der Waals surface area contributed by atoms with Gasteiger partial charge in [-0.15, -0.1) is 11.3 Å². The van der Waals surface area contributed by atoms with Crippen molar-refractivity contribution in [1.29, 1.82) is 0 Å². The van der Waals surface area contributed by atoms with E-state index in [4.69, 9.17) is 9.97 Å². The van der Waals surface area contributed by atoms with Crippen LogP contribution in [0.1, 0.15) is 0 Å². The van der Waals surface area contributed by atoms with E-state index in [0.29, 0.717) is 5.82 Å². The Hall–Kier alpha value is -7.20. The largest absolute Gasteiger partial charge is 0.228 e. The number of rotatable bonds is 6. The number of hydrogen-bond acceptors (Lipinski definition) is 3. The maximum Gasteiger partial charge on any atom is 0.160 e. The van der Waals surface area contributed by atoms with Gasteiger partial charge in [-0.25, -0.2) is 9.97 Å². The van der Waals surface area contributed by atoms with Crippen LogP contribution in [0.4, 0.5) is 0 Å². The van der Waals surface area contributed by atoms with Crippen molar-refractivity contribution in [2.45, 2.75) is 0 Å². The summed E-state index contributed by atoms with van der Waals surface area (Å²) in [4.78, 5) is 10.5. The summed E-state index contributed by atoms with van der Waals surface area (Å²) in [6.45, 7) is 0. The Balaban J connectivity index is 1.09. The van der Waals surface area contributed by atoms with Crippen LogP contribution in [0.2, 0.25) is 0 Å². The molecule has 11 rings (SSSR count). The lowest BCUT2D eigenvalue weighted by Crippen LogP contribution is -1.96. The number of nitrogens with zero attached hydrogens (tertiary/aromatic N) is 2. The first-order valence-corrected chi connectivity index (χ1v) is 20.1. The molecule has 2 heterocycles. The molecule has 0 unspecified atom stereocenters. The highest BCUT2D eigenvalue weighted by Crippen LogP contribution is 2.40. The third kappa shape index (κ3) is 6.15. The molecule has 0 saturated carbocycles. The molecule has 0 aliphatic rings. The van der Waals surface area contributed by atoms with Crippen molar-refractivity contribution < 1.29 is 0 Å². The van der Waals surface area contributed by atoms with Crippen LogP contribution in [-0.4, -0.2) is 9.97 Å². The summed E-state index contributed by atoms with van der Waals surface area (Å²) in [5.41, 5.74) is 11.9. The summed E-state index contributed by atoms with van der Waals surface area (Å²) >= 11 is 1.85. The van der Waals surface area contributed by atoms with Gasteiger partial charge in [0, 0.05) is 36.9 Å². The fourth-order valence-corrected chi connectivity index (χ4v) is 9.23.